The summed E-state index contributed by atoms with van der Waals surface area (Å²) >= 11 is 0. The van der Waals surface area contributed by atoms with E-state index in [1.165, 1.54) is 5.56 Å². The number of hydrogen-bond donors (Lipinski definition) is 0. The Morgan fingerprint density at radius 1 is 0.929 bits per heavy atom. The molecule has 0 unspecified atom stereocenters. The molecule has 0 aliphatic rings. The summed E-state index contributed by atoms with van der Waals surface area (Å²) in [5, 5.41) is 5.88. The molecule has 0 saturated heterocycles. The van der Waals surface area contributed by atoms with Crippen LogP contribution in [-0.4, -0.2) is 25.9 Å². The van der Waals surface area contributed by atoms with Crippen molar-refractivity contribution >= 4 is 22.8 Å². The summed E-state index contributed by atoms with van der Waals surface area (Å²) < 4.78 is 1.87. The van der Waals surface area contributed by atoms with E-state index in [1.807, 2.05) is 53.2 Å². The monoisotopic (exact) mass is 364 g/mol. The summed E-state index contributed by atoms with van der Waals surface area (Å²) in [5.41, 5.74) is 6.31. The molecule has 0 atom stereocenters. The van der Waals surface area contributed by atoms with Crippen molar-refractivity contribution in [3.8, 4) is 11.3 Å². The van der Waals surface area contributed by atoms with Crippen LogP contribution in [0, 0.1) is 0 Å². The van der Waals surface area contributed by atoms with E-state index in [1.54, 1.807) is 12.3 Å². The molecule has 5 aromatic rings. The van der Waals surface area contributed by atoms with Gasteiger partial charge in [0.2, 0.25) is 0 Å². The number of carbonyl (C=O) groups excluding carboxylic acids is 1. The number of carbonyl (C=O) groups is 1. The van der Waals surface area contributed by atoms with Gasteiger partial charge in [-0.2, -0.15) is 5.10 Å². The molecule has 0 N–H and O–H groups in total. The maximum absolute atomic E-state index is 11.1. The quantitative estimate of drug-likeness (QED) is 0.445. The highest BCUT2D eigenvalue weighted by Crippen LogP contribution is 2.21. The van der Waals surface area contributed by atoms with Crippen molar-refractivity contribution in [1.29, 1.82) is 0 Å². The molecule has 5 nitrogen and oxygen atoms in total. The van der Waals surface area contributed by atoms with Crippen molar-refractivity contribution in [1.82, 2.24) is 19.6 Å². The number of aromatic nitrogens is 4. The number of hydrogen-bond acceptors (Lipinski definition) is 4. The lowest BCUT2D eigenvalue weighted by molar-refractivity contribution is 0.112. The Labute approximate surface area is 161 Å². The third-order valence-electron chi connectivity index (χ3n) is 4.80. The van der Waals surface area contributed by atoms with Crippen molar-refractivity contribution < 1.29 is 4.79 Å². The lowest BCUT2D eigenvalue weighted by atomic mass is 10.1. The second-order valence-corrected chi connectivity index (χ2v) is 6.69. The fraction of sp³-hybridized carbons (Fsp3) is 0.0435. The van der Waals surface area contributed by atoms with Gasteiger partial charge in [0.25, 0.3) is 0 Å². The number of fused-ring (bicyclic) bond motifs is 2. The average molecular weight is 364 g/mol. The van der Waals surface area contributed by atoms with Crippen LogP contribution in [0.25, 0.3) is 27.8 Å². The molecule has 0 spiro atoms. The van der Waals surface area contributed by atoms with E-state index in [4.69, 9.17) is 5.10 Å². The fourth-order valence-electron chi connectivity index (χ4n) is 3.41. The standard InChI is InChI=1S/C23H16N4O/c28-15-17-3-1-4-19(12-17)22-8-9-23-25-14-20(27(23)26-22)13-16-6-7-21-18(11-16)5-2-10-24-21/h1-12,14-15H,13H2. The maximum Gasteiger partial charge on any atom is 0.153 e. The van der Waals surface area contributed by atoms with Gasteiger partial charge in [0.05, 0.1) is 23.1 Å². The van der Waals surface area contributed by atoms with E-state index < -0.39 is 0 Å². The number of benzene rings is 2. The summed E-state index contributed by atoms with van der Waals surface area (Å²) in [7, 11) is 0. The summed E-state index contributed by atoms with van der Waals surface area (Å²) in [6.07, 6.45) is 5.23. The van der Waals surface area contributed by atoms with Crippen LogP contribution in [0.3, 0.4) is 0 Å². The molecule has 5 rings (SSSR count). The second kappa shape index (κ2) is 6.70. The van der Waals surface area contributed by atoms with Gasteiger partial charge < -0.3 is 0 Å². The lowest BCUT2D eigenvalue weighted by Gasteiger charge is -2.06. The van der Waals surface area contributed by atoms with Crippen LogP contribution in [0.4, 0.5) is 0 Å². The molecule has 0 bridgehead atoms. The molecular weight excluding hydrogens is 348 g/mol. The van der Waals surface area contributed by atoms with Crippen molar-refractivity contribution in [3.63, 3.8) is 0 Å². The highest BCUT2D eigenvalue weighted by Gasteiger charge is 2.09. The largest absolute Gasteiger partial charge is 0.298 e. The first kappa shape index (κ1) is 16.3. The number of pyridine rings is 1. The minimum atomic E-state index is 0.634. The average Bonchev–Trinajstić information content (AvgIpc) is 3.15. The van der Waals surface area contributed by atoms with Gasteiger partial charge in [0, 0.05) is 29.1 Å². The normalized spacial score (nSPS) is 11.1. The minimum Gasteiger partial charge on any atom is -0.298 e. The Morgan fingerprint density at radius 3 is 2.82 bits per heavy atom. The summed E-state index contributed by atoms with van der Waals surface area (Å²) in [4.78, 5) is 19.9. The van der Waals surface area contributed by atoms with E-state index in [9.17, 15) is 4.79 Å². The number of rotatable bonds is 4. The highest BCUT2D eigenvalue weighted by atomic mass is 16.1. The van der Waals surface area contributed by atoms with E-state index in [0.29, 0.717) is 5.56 Å². The third-order valence-corrected chi connectivity index (χ3v) is 4.80. The van der Waals surface area contributed by atoms with E-state index >= 15 is 0 Å². The molecule has 3 heterocycles. The zero-order chi connectivity index (χ0) is 18.9. The summed E-state index contributed by atoms with van der Waals surface area (Å²) in [6, 6.07) is 21.6. The predicted octanol–water partition coefficient (Wildman–Crippen LogP) is 4.35. The maximum atomic E-state index is 11.1. The predicted molar refractivity (Wildman–Crippen MR) is 108 cm³/mol. The van der Waals surface area contributed by atoms with Crippen LogP contribution in [0.1, 0.15) is 21.6 Å². The van der Waals surface area contributed by atoms with E-state index in [2.05, 4.69) is 28.2 Å². The minimum absolute atomic E-state index is 0.634. The number of aldehydes is 1. The topological polar surface area (TPSA) is 60.2 Å². The Kier molecular flexibility index (Phi) is 3.91. The number of nitrogens with zero attached hydrogens (tertiary/aromatic N) is 4. The number of imidazole rings is 1. The molecule has 0 saturated carbocycles. The molecule has 28 heavy (non-hydrogen) atoms. The van der Waals surface area contributed by atoms with Gasteiger partial charge in [-0.25, -0.2) is 9.50 Å². The lowest BCUT2D eigenvalue weighted by Crippen LogP contribution is -2.00. The molecule has 0 radical (unpaired) electrons. The molecule has 3 aromatic heterocycles. The Balaban J connectivity index is 1.54. The third kappa shape index (κ3) is 2.93. The SMILES string of the molecule is O=Cc1cccc(-c2ccc3ncc(Cc4ccc5ncccc5c4)n3n2)c1. The van der Waals surface area contributed by atoms with Gasteiger partial charge in [-0.15, -0.1) is 0 Å². The van der Waals surface area contributed by atoms with E-state index in [-0.39, 0.29) is 0 Å². The van der Waals surface area contributed by atoms with Crippen molar-refractivity contribution in [2.75, 3.05) is 0 Å². The van der Waals surface area contributed by atoms with Gasteiger partial charge in [0.1, 0.15) is 6.29 Å². The first-order valence-electron chi connectivity index (χ1n) is 9.03. The molecular formula is C23H16N4O. The molecule has 5 heteroatoms. The Bertz CT molecular complexity index is 1320. The second-order valence-electron chi connectivity index (χ2n) is 6.69. The van der Waals surface area contributed by atoms with Crippen LogP contribution >= 0.6 is 0 Å². The van der Waals surface area contributed by atoms with Crippen LogP contribution in [-0.2, 0) is 6.42 Å². The zero-order valence-electron chi connectivity index (χ0n) is 15.0. The molecule has 0 aliphatic heterocycles. The van der Waals surface area contributed by atoms with Gasteiger partial charge in [0.15, 0.2) is 5.65 Å². The summed E-state index contributed by atoms with van der Waals surface area (Å²) in [6.45, 7) is 0. The van der Waals surface area contributed by atoms with Crippen molar-refractivity contribution in [2.45, 2.75) is 6.42 Å². The molecule has 2 aromatic carbocycles. The first-order chi connectivity index (χ1) is 13.8. The smallest absolute Gasteiger partial charge is 0.153 e. The fourth-order valence-corrected chi connectivity index (χ4v) is 3.41. The Morgan fingerprint density at radius 2 is 1.89 bits per heavy atom. The zero-order valence-corrected chi connectivity index (χ0v) is 15.0. The van der Waals surface area contributed by atoms with Crippen molar-refractivity contribution in [3.05, 3.63) is 95.9 Å². The summed E-state index contributed by atoms with van der Waals surface area (Å²) in [5.74, 6) is 0. The van der Waals surface area contributed by atoms with Gasteiger partial charge in [-0.1, -0.05) is 30.3 Å². The molecule has 0 fully saturated rings. The Hall–Kier alpha value is -3.86. The van der Waals surface area contributed by atoms with Gasteiger partial charge >= 0.3 is 0 Å². The highest BCUT2D eigenvalue weighted by molar-refractivity contribution is 5.79. The van der Waals surface area contributed by atoms with Crippen LogP contribution < -0.4 is 0 Å². The molecule has 0 aliphatic carbocycles. The molecule has 134 valence electrons. The van der Waals surface area contributed by atoms with E-state index in [0.717, 1.165) is 46.2 Å². The van der Waals surface area contributed by atoms with Gasteiger partial charge in [-0.05, 0) is 42.0 Å². The van der Waals surface area contributed by atoms with Crippen molar-refractivity contribution in [2.24, 2.45) is 0 Å². The van der Waals surface area contributed by atoms with Crippen LogP contribution in [0.15, 0.2) is 79.1 Å². The van der Waals surface area contributed by atoms with Crippen LogP contribution in [0.5, 0.6) is 0 Å². The van der Waals surface area contributed by atoms with Crippen LogP contribution in [0.2, 0.25) is 0 Å². The molecule has 0 amide bonds. The van der Waals surface area contributed by atoms with Gasteiger partial charge in [-0.3, -0.25) is 9.78 Å². The first-order valence-corrected chi connectivity index (χ1v) is 9.03.